The number of benzene rings is 4. The van der Waals surface area contributed by atoms with Crippen LogP contribution in [0.1, 0.15) is 43.0 Å². The van der Waals surface area contributed by atoms with E-state index in [0.717, 1.165) is 15.4 Å². The number of carbonyl (C=O) groups excluding carboxylic acids is 2. The zero-order chi connectivity index (χ0) is 33.6. The topological polar surface area (TPSA) is 86.8 Å². The number of anilines is 1. The standard InChI is InChI=1S/C36H39Cl2N3O4S/c1-25-15-18-30(19-16-25)46(44,45)41(32-20-17-29(37)21-26(32)2)24-34(42)40(23-28-13-9-10-14-31(28)38)33(35(43)39-36(3,4)5)22-27-11-7-6-8-12-27/h6-21,33H,22-24H2,1-5H3,(H,39,43). The van der Waals surface area contributed by atoms with Crippen LogP contribution >= 0.6 is 23.2 Å². The molecule has 7 nitrogen and oxygen atoms in total. The summed E-state index contributed by atoms with van der Waals surface area (Å²) in [4.78, 5) is 30.1. The molecule has 0 fully saturated rings. The third kappa shape index (κ3) is 8.90. The number of hydrogen-bond acceptors (Lipinski definition) is 4. The van der Waals surface area contributed by atoms with Gasteiger partial charge in [-0.2, -0.15) is 0 Å². The van der Waals surface area contributed by atoms with E-state index in [1.54, 1.807) is 61.5 Å². The summed E-state index contributed by atoms with van der Waals surface area (Å²) in [7, 11) is -4.23. The van der Waals surface area contributed by atoms with Crippen LogP contribution < -0.4 is 9.62 Å². The molecule has 4 aromatic rings. The molecule has 0 spiro atoms. The van der Waals surface area contributed by atoms with E-state index in [2.05, 4.69) is 5.32 Å². The summed E-state index contributed by atoms with van der Waals surface area (Å²) in [6.07, 6.45) is 0.198. The molecule has 4 rings (SSSR count). The second-order valence-electron chi connectivity index (χ2n) is 12.3. The molecule has 0 aliphatic heterocycles. The predicted molar refractivity (Wildman–Crippen MR) is 186 cm³/mol. The maximum absolute atomic E-state index is 14.6. The average molecular weight is 681 g/mol. The van der Waals surface area contributed by atoms with Crippen LogP contribution in [0, 0.1) is 13.8 Å². The Bertz CT molecular complexity index is 1790. The molecule has 1 N–H and O–H groups in total. The van der Waals surface area contributed by atoms with Crippen LogP contribution in [0.15, 0.2) is 102 Å². The zero-order valence-electron chi connectivity index (χ0n) is 26.6. The lowest BCUT2D eigenvalue weighted by Gasteiger charge is -2.35. The lowest BCUT2D eigenvalue weighted by molar-refractivity contribution is -0.140. The smallest absolute Gasteiger partial charge is 0.264 e. The first-order valence-electron chi connectivity index (χ1n) is 14.9. The van der Waals surface area contributed by atoms with Gasteiger partial charge in [-0.05, 0) is 87.7 Å². The first-order chi connectivity index (χ1) is 21.7. The maximum atomic E-state index is 14.6. The fourth-order valence-corrected chi connectivity index (χ4v) is 6.97. The third-order valence-corrected chi connectivity index (χ3v) is 9.76. The second-order valence-corrected chi connectivity index (χ2v) is 15.0. The largest absolute Gasteiger partial charge is 0.350 e. The summed E-state index contributed by atoms with van der Waals surface area (Å²) >= 11 is 12.8. The fourth-order valence-electron chi connectivity index (χ4n) is 5.07. The quantitative estimate of drug-likeness (QED) is 0.179. The molecular weight excluding hydrogens is 641 g/mol. The SMILES string of the molecule is Cc1ccc(S(=O)(=O)N(CC(=O)N(Cc2ccccc2Cl)C(Cc2ccccc2)C(=O)NC(C)(C)C)c2ccc(Cl)cc2C)cc1. The highest BCUT2D eigenvalue weighted by Crippen LogP contribution is 2.30. The van der Waals surface area contributed by atoms with Crippen molar-refractivity contribution in [2.24, 2.45) is 0 Å². The summed E-state index contributed by atoms with van der Waals surface area (Å²) < 4.78 is 29.6. The molecule has 10 heteroatoms. The Balaban J connectivity index is 1.85. The average Bonchev–Trinajstić information content (AvgIpc) is 2.98. The molecule has 0 aliphatic carbocycles. The van der Waals surface area contributed by atoms with E-state index in [1.807, 2.05) is 58.0 Å². The molecule has 0 bridgehead atoms. The van der Waals surface area contributed by atoms with Crippen molar-refractivity contribution in [3.05, 3.63) is 129 Å². The molecule has 2 amide bonds. The summed E-state index contributed by atoms with van der Waals surface area (Å²) in [5, 5.41) is 3.88. The number of aryl methyl sites for hydroxylation is 2. The van der Waals surface area contributed by atoms with Crippen LogP contribution in [0.25, 0.3) is 0 Å². The van der Waals surface area contributed by atoms with E-state index in [1.165, 1.54) is 17.0 Å². The summed E-state index contributed by atoms with van der Waals surface area (Å²) in [5.74, 6) is -0.942. The minimum atomic E-state index is -4.23. The van der Waals surface area contributed by atoms with Crippen LogP contribution in [-0.2, 0) is 32.6 Å². The number of rotatable bonds is 11. The minimum absolute atomic E-state index is 0.0222. The van der Waals surface area contributed by atoms with E-state index in [-0.39, 0.29) is 23.8 Å². The van der Waals surface area contributed by atoms with Crippen LogP contribution in [0.5, 0.6) is 0 Å². The highest BCUT2D eigenvalue weighted by molar-refractivity contribution is 7.92. The van der Waals surface area contributed by atoms with Crippen LogP contribution in [-0.4, -0.2) is 43.3 Å². The Hall–Kier alpha value is -3.85. The van der Waals surface area contributed by atoms with E-state index in [0.29, 0.717) is 26.9 Å². The van der Waals surface area contributed by atoms with Crippen LogP contribution in [0.3, 0.4) is 0 Å². The number of carbonyl (C=O) groups is 2. The van der Waals surface area contributed by atoms with Crippen molar-refractivity contribution < 1.29 is 18.0 Å². The minimum Gasteiger partial charge on any atom is -0.350 e. The number of halogens is 2. The number of amides is 2. The van der Waals surface area contributed by atoms with E-state index < -0.39 is 34.1 Å². The Kier molecular flexibility index (Phi) is 11.2. The first-order valence-corrected chi connectivity index (χ1v) is 17.1. The van der Waals surface area contributed by atoms with Gasteiger partial charge in [0.2, 0.25) is 11.8 Å². The Morgan fingerprint density at radius 2 is 1.48 bits per heavy atom. The summed E-state index contributed by atoms with van der Waals surface area (Å²) in [5.41, 5.74) is 2.63. The van der Waals surface area contributed by atoms with Gasteiger partial charge in [0.25, 0.3) is 10.0 Å². The highest BCUT2D eigenvalue weighted by atomic mass is 35.5. The van der Waals surface area contributed by atoms with Crippen molar-refractivity contribution in [2.75, 3.05) is 10.8 Å². The normalized spacial score (nSPS) is 12.3. The lowest BCUT2D eigenvalue weighted by atomic mass is 10.0. The van der Waals surface area contributed by atoms with E-state index in [9.17, 15) is 18.0 Å². The Morgan fingerprint density at radius 1 is 0.848 bits per heavy atom. The zero-order valence-corrected chi connectivity index (χ0v) is 29.0. The predicted octanol–water partition coefficient (Wildman–Crippen LogP) is 7.36. The molecule has 242 valence electrons. The molecule has 46 heavy (non-hydrogen) atoms. The van der Waals surface area contributed by atoms with Gasteiger partial charge in [-0.25, -0.2) is 8.42 Å². The Morgan fingerprint density at radius 3 is 2.09 bits per heavy atom. The third-order valence-electron chi connectivity index (χ3n) is 7.38. The van der Waals surface area contributed by atoms with E-state index in [4.69, 9.17) is 23.2 Å². The van der Waals surface area contributed by atoms with Gasteiger partial charge in [0.1, 0.15) is 12.6 Å². The fraction of sp³-hybridized carbons (Fsp3) is 0.278. The van der Waals surface area contributed by atoms with E-state index >= 15 is 0 Å². The number of nitrogens with zero attached hydrogens (tertiary/aromatic N) is 2. The molecule has 0 aromatic heterocycles. The van der Waals surface area contributed by atoms with Gasteiger partial charge in [-0.15, -0.1) is 0 Å². The van der Waals surface area contributed by atoms with Gasteiger partial charge in [0, 0.05) is 28.5 Å². The highest BCUT2D eigenvalue weighted by Gasteiger charge is 2.36. The first kappa shape index (κ1) is 35.0. The molecule has 0 saturated carbocycles. The van der Waals surface area contributed by atoms with Gasteiger partial charge in [-0.1, -0.05) is 89.4 Å². The molecule has 0 saturated heterocycles. The monoisotopic (exact) mass is 679 g/mol. The molecular formula is C36H39Cl2N3O4S. The van der Waals surface area contributed by atoms with Crippen LogP contribution in [0.4, 0.5) is 5.69 Å². The van der Waals surface area contributed by atoms with Gasteiger partial charge in [-0.3, -0.25) is 13.9 Å². The van der Waals surface area contributed by atoms with Crippen molar-refractivity contribution in [1.29, 1.82) is 0 Å². The molecule has 0 aliphatic rings. The molecule has 4 aromatic carbocycles. The van der Waals surface area contributed by atoms with Gasteiger partial charge in [0.15, 0.2) is 0 Å². The molecule has 0 heterocycles. The summed E-state index contributed by atoms with van der Waals surface area (Å²) in [6, 6.07) is 26.8. The number of hydrogen-bond donors (Lipinski definition) is 1. The molecule has 1 unspecified atom stereocenters. The van der Waals surface area contributed by atoms with Crippen molar-refractivity contribution in [3.63, 3.8) is 0 Å². The molecule has 0 radical (unpaired) electrons. The van der Waals surface area contributed by atoms with Crippen molar-refractivity contribution in [2.45, 2.75) is 64.1 Å². The van der Waals surface area contributed by atoms with Crippen LogP contribution in [0.2, 0.25) is 10.0 Å². The lowest BCUT2D eigenvalue weighted by Crippen LogP contribution is -2.56. The van der Waals surface area contributed by atoms with Gasteiger partial charge >= 0.3 is 0 Å². The van der Waals surface area contributed by atoms with Crippen molar-refractivity contribution in [1.82, 2.24) is 10.2 Å². The van der Waals surface area contributed by atoms with Gasteiger partial charge in [0.05, 0.1) is 10.6 Å². The van der Waals surface area contributed by atoms with Crippen molar-refractivity contribution in [3.8, 4) is 0 Å². The van der Waals surface area contributed by atoms with Crippen molar-refractivity contribution >= 4 is 50.7 Å². The number of sulfonamides is 1. The summed E-state index contributed by atoms with van der Waals surface area (Å²) in [6.45, 7) is 8.60. The maximum Gasteiger partial charge on any atom is 0.264 e. The molecule has 1 atom stereocenters. The van der Waals surface area contributed by atoms with Gasteiger partial charge < -0.3 is 10.2 Å². The second kappa shape index (κ2) is 14.7. The number of nitrogens with one attached hydrogen (secondary N) is 1. The Labute approximate surface area is 282 Å².